The fourth-order valence-electron chi connectivity index (χ4n) is 5.69. The quantitative estimate of drug-likeness (QED) is 0.261. The van der Waals surface area contributed by atoms with Crippen LogP contribution in [0.3, 0.4) is 0 Å². The van der Waals surface area contributed by atoms with Crippen molar-refractivity contribution in [3.05, 3.63) is 102 Å². The van der Waals surface area contributed by atoms with Crippen LogP contribution in [0.5, 0.6) is 11.6 Å². The number of anilines is 3. The van der Waals surface area contributed by atoms with E-state index < -0.39 is 16.0 Å². The molecule has 2 aromatic heterocycles. The van der Waals surface area contributed by atoms with Crippen LogP contribution in [0.25, 0.3) is 0 Å². The Morgan fingerprint density at radius 3 is 2.50 bits per heavy atom. The lowest BCUT2D eigenvalue weighted by Crippen LogP contribution is -2.49. The third-order valence-electron chi connectivity index (χ3n) is 8.05. The Morgan fingerprint density at radius 1 is 1.02 bits per heavy atom. The summed E-state index contributed by atoms with van der Waals surface area (Å²) in [6.07, 6.45) is 5.57. The Morgan fingerprint density at radius 2 is 1.83 bits per heavy atom. The van der Waals surface area contributed by atoms with Gasteiger partial charge in [0.2, 0.25) is 5.88 Å². The van der Waals surface area contributed by atoms with Crippen LogP contribution < -0.4 is 24.0 Å². The molecular weight excluding hydrogens is 609 g/mol. The van der Waals surface area contributed by atoms with Gasteiger partial charge in [0.25, 0.3) is 0 Å². The summed E-state index contributed by atoms with van der Waals surface area (Å²) in [7, 11) is -3.51. The molecule has 0 saturated carbocycles. The Kier molecular flexibility index (Phi) is 9.43. The molecule has 0 spiro atoms. The zero-order chi connectivity index (χ0) is 32.1. The van der Waals surface area contributed by atoms with Crippen molar-refractivity contribution in [2.24, 2.45) is 0 Å². The lowest BCUT2D eigenvalue weighted by atomic mass is 10.0. The molecule has 0 aliphatic carbocycles. The summed E-state index contributed by atoms with van der Waals surface area (Å²) in [6.45, 7) is 4.95. The third kappa shape index (κ3) is 7.61. The molecule has 4 heterocycles. The number of hydrogen-bond donors (Lipinski definition) is 2. The van der Waals surface area contributed by atoms with Crippen LogP contribution in [0.2, 0.25) is 0 Å². The second kappa shape index (κ2) is 13.8. The number of urea groups is 1. The van der Waals surface area contributed by atoms with Crippen molar-refractivity contribution in [2.75, 3.05) is 40.7 Å². The number of piperidine rings is 1. The molecule has 46 heavy (non-hydrogen) atoms. The topological polar surface area (TPSA) is 120 Å². The maximum atomic E-state index is 14.2. The number of halogens is 1. The van der Waals surface area contributed by atoms with Crippen LogP contribution >= 0.6 is 0 Å². The van der Waals surface area contributed by atoms with Crippen LogP contribution in [0.15, 0.2) is 85.2 Å². The van der Waals surface area contributed by atoms with Gasteiger partial charge in [0, 0.05) is 62.4 Å². The molecule has 2 aliphatic heterocycles. The average Bonchev–Trinajstić information content (AvgIpc) is 3.04. The number of rotatable bonds is 8. The standard InChI is InChI=1S/C33H36FN7O4S/c1-24-6-8-27(22-35-24)38-33(42)41(30-5-2-4-26(34)20-30)29-14-18-39(19-15-29)23-25-7-13-32(36-21-25)45-31-11-9-28(10-12-31)40-17-3-16-37-46(40,43)44/h2,4-13,20-22,29,37H,3,14-19,23H2,1H3,(H,38,42). The molecular formula is C33H36FN7O4S. The molecule has 0 bridgehead atoms. The van der Waals surface area contributed by atoms with Crippen molar-refractivity contribution in [3.8, 4) is 11.6 Å². The number of pyridine rings is 2. The third-order valence-corrected chi connectivity index (χ3v) is 9.60. The summed E-state index contributed by atoms with van der Waals surface area (Å²) in [5.41, 5.74) is 3.54. The molecule has 0 radical (unpaired) electrons. The number of hydrogen-bond acceptors (Lipinski definition) is 7. The molecule has 6 rings (SSSR count). The van der Waals surface area contributed by atoms with Gasteiger partial charge in [0.05, 0.1) is 17.6 Å². The highest BCUT2D eigenvalue weighted by molar-refractivity contribution is 7.90. The maximum Gasteiger partial charge on any atom is 0.326 e. The minimum Gasteiger partial charge on any atom is -0.439 e. The second-order valence-corrected chi connectivity index (χ2v) is 13.1. The summed E-state index contributed by atoms with van der Waals surface area (Å²) < 4.78 is 48.5. The monoisotopic (exact) mass is 645 g/mol. The van der Waals surface area contributed by atoms with Crippen molar-refractivity contribution in [3.63, 3.8) is 0 Å². The van der Waals surface area contributed by atoms with Gasteiger partial charge < -0.3 is 10.1 Å². The predicted molar refractivity (Wildman–Crippen MR) is 175 cm³/mol. The largest absolute Gasteiger partial charge is 0.439 e. The Labute approximate surface area is 268 Å². The van der Waals surface area contributed by atoms with E-state index in [2.05, 4.69) is 24.9 Å². The van der Waals surface area contributed by atoms with Crippen molar-refractivity contribution >= 4 is 33.3 Å². The highest BCUT2D eigenvalue weighted by Crippen LogP contribution is 2.28. The van der Waals surface area contributed by atoms with Crippen LogP contribution in [0, 0.1) is 12.7 Å². The van der Waals surface area contributed by atoms with Gasteiger partial charge in [-0.05, 0) is 86.3 Å². The van der Waals surface area contributed by atoms with E-state index in [-0.39, 0.29) is 12.1 Å². The highest BCUT2D eigenvalue weighted by Gasteiger charge is 2.30. The summed E-state index contributed by atoms with van der Waals surface area (Å²) in [5, 5.41) is 2.92. The first-order chi connectivity index (χ1) is 22.2. The van der Waals surface area contributed by atoms with E-state index in [0.29, 0.717) is 48.3 Å². The molecule has 11 nitrogen and oxygen atoms in total. The number of aromatic nitrogens is 2. The van der Waals surface area contributed by atoms with Gasteiger partial charge in [-0.3, -0.25) is 19.1 Å². The van der Waals surface area contributed by atoms with Gasteiger partial charge in [-0.25, -0.2) is 14.2 Å². The normalized spacial score (nSPS) is 17.0. The molecule has 240 valence electrons. The first kappa shape index (κ1) is 31.4. The first-order valence-electron chi connectivity index (χ1n) is 15.2. The van der Waals surface area contributed by atoms with Gasteiger partial charge >= 0.3 is 16.2 Å². The zero-order valence-corrected chi connectivity index (χ0v) is 26.3. The van der Waals surface area contributed by atoms with Crippen LogP contribution in [0.1, 0.15) is 30.5 Å². The minimum atomic E-state index is -3.51. The number of amides is 2. The molecule has 13 heteroatoms. The van der Waals surface area contributed by atoms with Crippen molar-refractivity contribution < 1.29 is 22.3 Å². The lowest BCUT2D eigenvalue weighted by Gasteiger charge is -2.38. The first-order valence-corrected chi connectivity index (χ1v) is 16.7. The molecule has 0 atom stereocenters. The molecule has 2 fully saturated rings. The average molecular weight is 646 g/mol. The van der Waals surface area contributed by atoms with E-state index in [4.69, 9.17) is 4.74 Å². The fraction of sp³-hybridized carbons (Fsp3) is 0.303. The number of nitrogens with one attached hydrogen (secondary N) is 2. The van der Waals surface area contributed by atoms with Crippen molar-refractivity contribution in [1.29, 1.82) is 0 Å². The Balaban J connectivity index is 1.04. The predicted octanol–water partition coefficient (Wildman–Crippen LogP) is 5.46. The smallest absolute Gasteiger partial charge is 0.326 e. The molecule has 2 N–H and O–H groups in total. The number of ether oxygens (including phenoxy) is 1. The van der Waals surface area contributed by atoms with Gasteiger partial charge in [-0.15, -0.1) is 0 Å². The van der Waals surface area contributed by atoms with E-state index in [1.807, 2.05) is 25.1 Å². The van der Waals surface area contributed by atoms with Gasteiger partial charge in [-0.1, -0.05) is 12.1 Å². The molecule has 2 amide bonds. The number of aryl methyl sites for hydroxylation is 1. The van der Waals surface area contributed by atoms with Gasteiger partial charge in [0.1, 0.15) is 11.6 Å². The van der Waals surface area contributed by atoms with Gasteiger partial charge in [-0.2, -0.15) is 13.1 Å². The Bertz CT molecular complexity index is 1750. The maximum absolute atomic E-state index is 14.2. The SMILES string of the molecule is Cc1ccc(NC(=O)N(c2cccc(F)c2)C2CCN(Cc3ccc(Oc4ccc(N5CCCNS5(=O)=O)cc4)nc3)CC2)cn1. The molecule has 0 unspecified atom stereocenters. The summed E-state index contributed by atoms with van der Waals surface area (Å²) in [6, 6.07) is 20.0. The van der Waals surface area contributed by atoms with E-state index in [9.17, 15) is 17.6 Å². The number of nitrogens with zero attached hydrogens (tertiary/aromatic N) is 5. The molecule has 2 saturated heterocycles. The fourth-order valence-corrected chi connectivity index (χ4v) is 7.02. The number of likely N-dealkylation sites (tertiary alicyclic amines) is 1. The zero-order valence-electron chi connectivity index (χ0n) is 25.5. The minimum absolute atomic E-state index is 0.108. The van der Waals surface area contributed by atoms with Crippen LogP contribution in [-0.4, -0.2) is 61.5 Å². The van der Waals surface area contributed by atoms with E-state index >= 15 is 0 Å². The highest BCUT2D eigenvalue weighted by atomic mass is 32.2. The van der Waals surface area contributed by atoms with Gasteiger partial charge in [0.15, 0.2) is 0 Å². The van der Waals surface area contributed by atoms with E-state index in [1.165, 1.54) is 16.4 Å². The number of benzene rings is 2. The van der Waals surface area contributed by atoms with Crippen molar-refractivity contribution in [1.82, 2.24) is 19.6 Å². The number of carbonyl (C=O) groups is 1. The second-order valence-electron chi connectivity index (χ2n) is 11.4. The van der Waals surface area contributed by atoms with E-state index in [1.54, 1.807) is 59.8 Å². The molecule has 2 aromatic carbocycles. The van der Waals surface area contributed by atoms with E-state index in [0.717, 1.165) is 43.6 Å². The van der Waals surface area contributed by atoms with Crippen LogP contribution in [0.4, 0.5) is 26.2 Å². The Hall–Kier alpha value is -4.59. The summed E-state index contributed by atoms with van der Waals surface area (Å²) in [4.78, 5) is 26.1. The summed E-state index contributed by atoms with van der Waals surface area (Å²) in [5.74, 6) is 0.592. The lowest BCUT2D eigenvalue weighted by molar-refractivity contribution is 0.199. The van der Waals surface area contributed by atoms with Crippen LogP contribution in [-0.2, 0) is 16.8 Å². The van der Waals surface area contributed by atoms with Crippen molar-refractivity contribution in [2.45, 2.75) is 38.8 Å². The summed E-state index contributed by atoms with van der Waals surface area (Å²) >= 11 is 0. The molecule has 4 aromatic rings. The molecule has 2 aliphatic rings. The number of carbonyl (C=O) groups excluding carboxylic acids is 1.